The predicted molar refractivity (Wildman–Crippen MR) is 107 cm³/mol. The van der Waals surface area contributed by atoms with Gasteiger partial charge in [0.1, 0.15) is 17.3 Å². The van der Waals surface area contributed by atoms with Crippen LogP contribution in [0.4, 0.5) is 5.69 Å². The fourth-order valence-electron chi connectivity index (χ4n) is 3.62. The molecular formula is C21H17Cl2N3O. The third-order valence-corrected chi connectivity index (χ3v) is 5.41. The summed E-state index contributed by atoms with van der Waals surface area (Å²) >= 11 is 12.2. The highest BCUT2D eigenvalue weighted by Gasteiger charge is 2.24. The monoisotopic (exact) mass is 397 g/mol. The van der Waals surface area contributed by atoms with Crippen LogP contribution < -0.4 is 4.74 Å². The molecule has 27 heavy (non-hydrogen) atoms. The summed E-state index contributed by atoms with van der Waals surface area (Å²) in [6, 6.07) is 11.0. The molecule has 1 unspecified atom stereocenters. The van der Waals surface area contributed by atoms with Gasteiger partial charge in [-0.2, -0.15) is 0 Å². The van der Waals surface area contributed by atoms with Gasteiger partial charge in [-0.3, -0.25) is 0 Å². The Morgan fingerprint density at radius 2 is 2.04 bits per heavy atom. The Labute approximate surface area is 168 Å². The van der Waals surface area contributed by atoms with Crippen LogP contribution in [0.15, 0.2) is 42.6 Å². The molecule has 0 N–H and O–H groups in total. The fraction of sp³-hybridized carbons (Fsp3) is 0.238. The first-order valence-corrected chi connectivity index (χ1v) is 9.49. The summed E-state index contributed by atoms with van der Waals surface area (Å²) < 4.78 is 8.28. The van der Waals surface area contributed by atoms with E-state index in [1.165, 1.54) is 5.69 Å². The lowest BCUT2D eigenvalue weighted by Crippen LogP contribution is -2.19. The zero-order valence-corrected chi connectivity index (χ0v) is 16.3. The number of fused-ring (bicyclic) bond motifs is 1. The van der Waals surface area contributed by atoms with E-state index in [0.29, 0.717) is 27.2 Å². The van der Waals surface area contributed by atoms with E-state index in [4.69, 9.17) is 34.5 Å². The summed E-state index contributed by atoms with van der Waals surface area (Å²) in [4.78, 5) is 8.06. The van der Waals surface area contributed by atoms with E-state index < -0.39 is 0 Å². The van der Waals surface area contributed by atoms with Gasteiger partial charge in [-0.1, -0.05) is 35.3 Å². The van der Waals surface area contributed by atoms with Gasteiger partial charge in [-0.05, 0) is 56.0 Å². The largest absolute Gasteiger partial charge is 0.467 e. The summed E-state index contributed by atoms with van der Waals surface area (Å²) in [7, 11) is 0. The molecule has 1 atom stereocenters. The molecule has 0 bridgehead atoms. The van der Waals surface area contributed by atoms with Crippen molar-refractivity contribution in [1.82, 2.24) is 9.55 Å². The van der Waals surface area contributed by atoms with E-state index in [0.717, 1.165) is 30.7 Å². The summed E-state index contributed by atoms with van der Waals surface area (Å²) in [5.41, 5.74) is 2.80. The smallest absolute Gasteiger partial charge is 0.228 e. The van der Waals surface area contributed by atoms with Gasteiger partial charge in [-0.25, -0.2) is 9.83 Å². The highest BCUT2D eigenvalue weighted by Crippen LogP contribution is 2.40. The van der Waals surface area contributed by atoms with Crippen molar-refractivity contribution in [2.24, 2.45) is 0 Å². The molecule has 2 aromatic carbocycles. The minimum atomic E-state index is 0.194. The quantitative estimate of drug-likeness (QED) is 0.456. The molecule has 1 aliphatic heterocycles. The molecule has 2 heterocycles. The SMILES string of the molecule is [C-]#[N+]c1ccc(C2CCCc3cnc(C)n32)cc1Oc1ccc(Cl)cc1Cl. The molecule has 0 spiro atoms. The minimum absolute atomic E-state index is 0.194. The highest BCUT2D eigenvalue weighted by molar-refractivity contribution is 6.35. The summed E-state index contributed by atoms with van der Waals surface area (Å²) in [5.74, 6) is 1.98. The number of hydrogen-bond donors (Lipinski definition) is 0. The van der Waals surface area contributed by atoms with Gasteiger partial charge in [0.05, 0.1) is 17.6 Å². The van der Waals surface area contributed by atoms with Crippen LogP contribution >= 0.6 is 23.2 Å². The molecule has 1 aliphatic rings. The van der Waals surface area contributed by atoms with Gasteiger partial charge in [0, 0.05) is 16.9 Å². The maximum absolute atomic E-state index is 7.46. The van der Waals surface area contributed by atoms with Crippen molar-refractivity contribution in [3.63, 3.8) is 0 Å². The van der Waals surface area contributed by atoms with Crippen molar-refractivity contribution in [2.45, 2.75) is 32.2 Å². The number of halogens is 2. The number of imidazole rings is 1. The fourth-order valence-corrected chi connectivity index (χ4v) is 4.07. The lowest BCUT2D eigenvalue weighted by Gasteiger charge is -2.27. The summed E-state index contributed by atoms with van der Waals surface area (Å²) in [6.07, 6.45) is 5.14. The van der Waals surface area contributed by atoms with Crippen LogP contribution in [-0.2, 0) is 6.42 Å². The number of nitrogens with zero attached hydrogens (tertiary/aromatic N) is 3. The summed E-state index contributed by atoms with van der Waals surface area (Å²) in [6.45, 7) is 9.48. The molecule has 136 valence electrons. The second-order valence-corrected chi connectivity index (χ2v) is 7.43. The maximum atomic E-state index is 7.46. The third kappa shape index (κ3) is 3.41. The highest BCUT2D eigenvalue weighted by atomic mass is 35.5. The zero-order valence-electron chi connectivity index (χ0n) is 14.7. The van der Waals surface area contributed by atoms with E-state index in [-0.39, 0.29) is 6.04 Å². The maximum Gasteiger partial charge on any atom is 0.228 e. The number of benzene rings is 2. The Bertz CT molecular complexity index is 1050. The molecule has 4 rings (SSSR count). The molecule has 0 radical (unpaired) electrons. The molecule has 1 aromatic heterocycles. The van der Waals surface area contributed by atoms with Crippen LogP contribution in [0.3, 0.4) is 0 Å². The van der Waals surface area contributed by atoms with Crippen LogP contribution in [0.1, 0.15) is 36.0 Å². The van der Waals surface area contributed by atoms with Crippen LogP contribution in [-0.4, -0.2) is 9.55 Å². The molecule has 4 nitrogen and oxygen atoms in total. The predicted octanol–water partition coefficient (Wildman–Crippen LogP) is 6.77. The van der Waals surface area contributed by atoms with E-state index in [9.17, 15) is 0 Å². The standard InChI is InChI=1S/C21H17Cl2N3O/c1-13-25-12-16-4-3-5-19(26(13)16)14-6-8-18(24-2)21(10-14)27-20-9-7-15(22)11-17(20)23/h6-12,19H,3-5H2,1H3. The summed E-state index contributed by atoms with van der Waals surface area (Å²) in [5, 5.41) is 0.950. The van der Waals surface area contributed by atoms with Crippen molar-refractivity contribution < 1.29 is 4.74 Å². The molecular weight excluding hydrogens is 381 g/mol. The number of ether oxygens (including phenoxy) is 1. The number of hydrogen-bond acceptors (Lipinski definition) is 2. The van der Waals surface area contributed by atoms with Gasteiger partial charge in [-0.15, -0.1) is 0 Å². The molecule has 0 saturated carbocycles. The van der Waals surface area contributed by atoms with E-state index >= 15 is 0 Å². The van der Waals surface area contributed by atoms with Crippen LogP contribution in [0.2, 0.25) is 10.0 Å². The van der Waals surface area contributed by atoms with E-state index in [2.05, 4.69) is 14.4 Å². The first-order valence-electron chi connectivity index (χ1n) is 8.74. The zero-order chi connectivity index (χ0) is 19.0. The molecule has 0 saturated heterocycles. The van der Waals surface area contributed by atoms with Gasteiger partial charge in [0.15, 0.2) is 0 Å². The van der Waals surface area contributed by atoms with E-state index in [1.54, 1.807) is 18.2 Å². The van der Waals surface area contributed by atoms with Crippen molar-refractivity contribution in [3.8, 4) is 11.5 Å². The molecule has 3 aromatic rings. The lowest BCUT2D eigenvalue weighted by atomic mass is 9.95. The van der Waals surface area contributed by atoms with Crippen molar-refractivity contribution >= 4 is 28.9 Å². The Morgan fingerprint density at radius 1 is 1.19 bits per heavy atom. The number of aryl methyl sites for hydroxylation is 2. The second-order valence-electron chi connectivity index (χ2n) is 6.59. The Hall–Kier alpha value is -2.48. The lowest BCUT2D eigenvalue weighted by molar-refractivity contribution is 0.444. The van der Waals surface area contributed by atoms with E-state index in [1.807, 2.05) is 31.3 Å². The Balaban J connectivity index is 1.74. The second kappa shape index (κ2) is 7.26. The molecule has 0 amide bonds. The molecule has 0 fully saturated rings. The average Bonchev–Trinajstić information content (AvgIpc) is 3.05. The van der Waals surface area contributed by atoms with Gasteiger partial charge < -0.3 is 9.30 Å². The average molecular weight is 398 g/mol. The van der Waals surface area contributed by atoms with Crippen LogP contribution in [0.5, 0.6) is 11.5 Å². The third-order valence-electron chi connectivity index (χ3n) is 4.88. The van der Waals surface area contributed by atoms with Crippen molar-refractivity contribution in [2.75, 3.05) is 0 Å². The van der Waals surface area contributed by atoms with Crippen LogP contribution in [0.25, 0.3) is 4.85 Å². The van der Waals surface area contributed by atoms with Gasteiger partial charge >= 0.3 is 0 Å². The first kappa shape index (κ1) is 17.9. The van der Waals surface area contributed by atoms with Crippen LogP contribution in [0, 0.1) is 13.5 Å². The molecule has 0 aliphatic carbocycles. The Morgan fingerprint density at radius 3 is 2.81 bits per heavy atom. The number of aromatic nitrogens is 2. The van der Waals surface area contributed by atoms with Gasteiger partial charge in [0.2, 0.25) is 5.69 Å². The minimum Gasteiger partial charge on any atom is -0.467 e. The van der Waals surface area contributed by atoms with Crippen molar-refractivity contribution in [1.29, 1.82) is 0 Å². The normalized spacial score (nSPS) is 15.9. The number of rotatable bonds is 3. The first-order chi connectivity index (χ1) is 13.1. The topological polar surface area (TPSA) is 31.4 Å². The van der Waals surface area contributed by atoms with Gasteiger partial charge in [0.25, 0.3) is 0 Å². The van der Waals surface area contributed by atoms with Crippen molar-refractivity contribution in [3.05, 3.63) is 81.1 Å². The Kier molecular flexibility index (Phi) is 4.82. The molecule has 6 heteroatoms.